The second-order valence-corrected chi connectivity index (χ2v) is 9.19. The van der Waals surface area contributed by atoms with E-state index in [9.17, 15) is 14.0 Å². The minimum absolute atomic E-state index is 0.0993. The van der Waals surface area contributed by atoms with E-state index in [0.717, 1.165) is 0 Å². The van der Waals surface area contributed by atoms with Crippen molar-refractivity contribution in [1.29, 1.82) is 5.26 Å². The van der Waals surface area contributed by atoms with Crippen LogP contribution in [0.4, 0.5) is 20.7 Å². The van der Waals surface area contributed by atoms with E-state index in [1.54, 1.807) is 44.3 Å². The second kappa shape index (κ2) is 8.16. The van der Waals surface area contributed by atoms with E-state index in [1.807, 2.05) is 0 Å². The van der Waals surface area contributed by atoms with Gasteiger partial charge < -0.3 is 10.1 Å². The monoisotopic (exact) mass is 475 g/mol. The summed E-state index contributed by atoms with van der Waals surface area (Å²) in [5.74, 6) is -0.320. The molecular weight excluding hydrogens is 453 g/mol. The second-order valence-electron chi connectivity index (χ2n) is 9.19. The standard InChI is InChI=1S/C24H22FN7O3/c1-14(16-5-3-4-6-17(16)25)35-22(34)29-20-19(30-31-32(20)2)18-8-7-15(9-27-18)28-21(33)24-10-23(11-24,12-24)13-26/h3-9,14H,10-12H2,1-2H3,(H,28,33)(H,29,34)/t14-,23?,24?/m1/s1. The van der Waals surface area contributed by atoms with Gasteiger partial charge in [0.25, 0.3) is 0 Å². The number of nitrogens with zero attached hydrogens (tertiary/aromatic N) is 5. The summed E-state index contributed by atoms with van der Waals surface area (Å²) < 4.78 is 20.6. The number of aromatic nitrogens is 4. The van der Waals surface area contributed by atoms with Crippen molar-refractivity contribution in [2.45, 2.75) is 32.3 Å². The fourth-order valence-corrected chi connectivity index (χ4v) is 4.84. The summed E-state index contributed by atoms with van der Waals surface area (Å²) in [4.78, 5) is 29.4. The van der Waals surface area contributed by atoms with E-state index in [1.165, 1.54) is 16.9 Å². The summed E-state index contributed by atoms with van der Waals surface area (Å²) in [7, 11) is 1.60. The highest BCUT2D eigenvalue weighted by molar-refractivity contribution is 5.98. The van der Waals surface area contributed by atoms with Gasteiger partial charge in [0.2, 0.25) is 5.91 Å². The topological polar surface area (TPSA) is 135 Å². The van der Waals surface area contributed by atoms with Gasteiger partial charge >= 0.3 is 6.09 Å². The largest absolute Gasteiger partial charge is 0.441 e. The molecule has 35 heavy (non-hydrogen) atoms. The Balaban J connectivity index is 1.24. The van der Waals surface area contributed by atoms with Gasteiger partial charge in [-0.05, 0) is 44.4 Å². The summed E-state index contributed by atoms with van der Waals surface area (Å²) in [6, 6.07) is 11.7. The van der Waals surface area contributed by atoms with Crippen LogP contribution in [0, 0.1) is 28.0 Å². The molecule has 0 unspecified atom stereocenters. The lowest BCUT2D eigenvalue weighted by molar-refractivity contribution is -0.179. The number of rotatable bonds is 6. The van der Waals surface area contributed by atoms with Gasteiger partial charge in [0.1, 0.15) is 11.9 Å². The van der Waals surface area contributed by atoms with Crippen LogP contribution < -0.4 is 10.6 Å². The quantitative estimate of drug-likeness (QED) is 0.551. The number of halogens is 1. The number of carbonyl (C=O) groups is 2. The molecule has 178 valence electrons. The van der Waals surface area contributed by atoms with E-state index in [2.05, 4.69) is 32.0 Å². The number of hydrogen-bond donors (Lipinski definition) is 2. The Hall–Kier alpha value is -4.33. The Bertz CT molecular complexity index is 1340. The van der Waals surface area contributed by atoms with Gasteiger partial charge in [0.05, 0.1) is 34.5 Å². The van der Waals surface area contributed by atoms with Crippen LogP contribution in [0.5, 0.6) is 0 Å². The number of ether oxygens (including phenoxy) is 1. The maximum Gasteiger partial charge on any atom is 0.413 e. The average molecular weight is 475 g/mol. The molecule has 0 aliphatic heterocycles. The molecule has 10 nitrogen and oxygen atoms in total. The molecule has 1 aromatic carbocycles. The maximum absolute atomic E-state index is 14.0. The molecule has 3 aliphatic carbocycles. The normalized spacial score (nSPS) is 22.7. The third kappa shape index (κ3) is 3.86. The van der Waals surface area contributed by atoms with Crippen molar-refractivity contribution in [3.63, 3.8) is 0 Å². The van der Waals surface area contributed by atoms with Crippen molar-refractivity contribution < 1.29 is 18.7 Å². The fraction of sp³-hybridized carbons (Fsp3) is 0.333. The van der Waals surface area contributed by atoms with Gasteiger partial charge in [-0.15, -0.1) is 5.10 Å². The van der Waals surface area contributed by atoms with Crippen LogP contribution in [-0.2, 0) is 16.6 Å². The molecule has 3 aromatic rings. The van der Waals surface area contributed by atoms with Crippen LogP contribution in [0.15, 0.2) is 42.6 Å². The van der Waals surface area contributed by atoms with Crippen LogP contribution in [0.25, 0.3) is 11.4 Å². The van der Waals surface area contributed by atoms with Crippen molar-refractivity contribution in [2.24, 2.45) is 17.9 Å². The Morgan fingerprint density at radius 3 is 2.60 bits per heavy atom. The van der Waals surface area contributed by atoms with Gasteiger partial charge in [-0.3, -0.25) is 15.1 Å². The van der Waals surface area contributed by atoms with Gasteiger partial charge in [-0.25, -0.2) is 13.9 Å². The molecule has 0 saturated heterocycles. The molecule has 3 fully saturated rings. The van der Waals surface area contributed by atoms with Gasteiger partial charge in [-0.2, -0.15) is 5.26 Å². The molecule has 6 rings (SSSR count). The summed E-state index contributed by atoms with van der Waals surface area (Å²) in [6.07, 6.45) is 1.70. The first-order valence-corrected chi connectivity index (χ1v) is 11.1. The van der Waals surface area contributed by atoms with Crippen molar-refractivity contribution in [1.82, 2.24) is 20.0 Å². The summed E-state index contributed by atoms with van der Waals surface area (Å²) in [5.41, 5.74) is 0.760. The SMILES string of the molecule is C[C@@H](OC(=O)Nc1c(-c2ccc(NC(=O)C34CC(C#N)(C3)C4)cn2)nnn1C)c1ccccc1F. The first kappa shape index (κ1) is 22.5. The highest BCUT2D eigenvalue weighted by atomic mass is 19.1. The van der Waals surface area contributed by atoms with Crippen molar-refractivity contribution in [3.05, 3.63) is 54.0 Å². The minimum atomic E-state index is -0.814. The number of nitrogens with one attached hydrogen (secondary N) is 2. The number of nitriles is 1. The Morgan fingerprint density at radius 2 is 1.94 bits per heavy atom. The number of amides is 2. The number of hydrogen-bond acceptors (Lipinski definition) is 7. The molecule has 1 atom stereocenters. The average Bonchev–Trinajstić information content (AvgIpc) is 3.13. The lowest BCUT2D eigenvalue weighted by atomic mass is 9.35. The molecule has 2 bridgehead atoms. The van der Waals surface area contributed by atoms with E-state index >= 15 is 0 Å². The van der Waals surface area contributed by atoms with Gasteiger partial charge in [0, 0.05) is 12.6 Å². The van der Waals surface area contributed by atoms with E-state index in [4.69, 9.17) is 10.00 Å². The number of benzene rings is 1. The van der Waals surface area contributed by atoms with Crippen LogP contribution in [-0.4, -0.2) is 32.0 Å². The van der Waals surface area contributed by atoms with Crippen LogP contribution >= 0.6 is 0 Å². The number of pyridine rings is 1. The third-order valence-electron chi connectivity index (χ3n) is 6.69. The highest BCUT2D eigenvalue weighted by Gasteiger charge is 2.72. The summed E-state index contributed by atoms with van der Waals surface area (Å²) in [5, 5.41) is 22.6. The Kier molecular flexibility index (Phi) is 5.24. The smallest absolute Gasteiger partial charge is 0.413 e. The molecule has 2 N–H and O–H groups in total. The number of aryl methyl sites for hydroxylation is 1. The molecule has 0 radical (unpaired) electrons. The zero-order chi connectivity index (χ0) is 24.8. The van der Waals surface area contributed by atoms with E-state index in [0.29, 0.717) is 36.3 Å². The molecule has 2 amide bonds. The molecule has 2 aromatic heterocycles. The van der Waals surface area contributed by atoms with Gasteiger partial charge in [-0.1, -0.05) is 23.4 Å². The first-order chi connectivity index (χ1) is 16.7. The summed E-state index contributed by atoms with van der Waals surface area (Å²) >= 11 is 0. The third-order valence-corrected chi connectivity index (χ3v) is 6.69. The Morgan fingerprint density at radius 1 is 1.20 bits per heavy atom. The minimum Gasteiger partial charge on any atom is -0.441 e. The van der Waals surface area contributed by atoms with E-state index in [-0.39, 0.29) is 22.7 Å². The predicted molar refractivity (Wildman–Crippen MR) is 122 cm³/mol. The predicted octanol–water partition coefficient (Wildman–Crippen LogP) is 3.96. The first-order valence-electron chi connectivity index (χ1n) is 11.1. The number of anilines is 2. The van der Waals surface area contributed by atoms with Crippen LogP contribution in [0.3, 0.4) is 0 Å². The number of carbonyl (C=O) groups excluding carboxylic acids is 2. The molecular formula is C24H22FN7O3. The van der Waals surface area contributed by atoms with Crippen molar-refractivity contribution >= 4 is 23.5 Å². The molecule has 3 aliphatic rings. The van der Waals surface area contributed by atoms with E-state index < -0.39 is 23.4 Å². The summed E-state index contributed by atoms with van der Waals surface area (Å²) in [6.45, 7) is 1.57. The van der Waals surface area contributed by atoms with Crippen molar-refractivity contribution in [3.8, 4) is 17.5 Å². The lowest BCUT2D eigenvalue weighted by Crippen LogP contribution is -2.65. The lowest BCUT2D eigenvalue weighted by Gasteiger charge is -2.65. The highest BCUT2D eigenvalue weighted by Crippen LogP contribution is 2.73. The van der Waals surface area contributed by atoms with Gasteiger partial charge in [0.15, 0.2) is 11.5 Å². The zero-order valence-corrected chi connectivity index (χ0v) is 19.1. The van der Waals surface area contributed by atoms with Crippen LogP contribution in [0.1, 0.15) is 37.9 Å². The van der Waals surface area contributed by atoms with Crippen molar-refractivity contribution in [2.75, 3.05) is 10.6 Å². The molecule has 11 heteroatoms. The Labute approximate surface area is 200 Å². The molecule has 3 saturated carbocycles. The molecule has 0 spiro atoms. The fourth-order valence-electron chi connectivity index (χ4n) is 4.84. The zero-order valence-electron chi connectivity index (χ0n) is 19.1. The maximum atomic E-state index is 14.0. The van der Waals surface area contributed by atoms with Crippen LogP contribution in [0.2, 0.25) is 0 Å². The molecule has 2 heterocycles.